The van der Waals surface area contributed by atoms with Gasteiger partial charge in [0.1, 0.15) is 0 Å². The van der Waals surface area contributed by atoms with Crippen LogP contribution < -0.4 is 5.32 Å². The monoisotopic (exact) mass is 167 g/mol. The molecule has 4 nitrogen and oxygen atoms in total. The van der Waals surface area contributed by atoms with Crippen molar-refractivity contribution in [3.05, 3.63) is 11.9 Å². The lowest BCUT2D eigenvalue weighted by atomic mass is 10.2. The van der Waals surface area contributed by atoms with Gasteiger partial charge in [-0.05, 0) is 6.92 Å². The molecule has 1 aromatic heterocycles. The fourth-order valence-electron chi connectivity index (χ4n) is 1.28. The summed E-state index contributed by atoms with van der Waals surface area (Å²) in [5.41, 5.74) is 2.16. The summed E-state index contributed by atoms with van der Waals surface area (Å²) in [6.07, 6.45) is 1.99. The molecule has 0 saturated carbocycles. The second-order valence-corrected chi connectivity index (χ2v) is 3.18. The van der Waals surface area contributed by atoms with E-state index >= 15 is 0 Å². The zero-order valence-corrected chi connectivity index (χ0v) is 7.37. The highest BCUT2D eigenvalue weighted by Gasteiger charge is 2.19. The Hall–Kier alpha value is -1.03. The van der Waals surface area contributed by atoms with Crippen molar-refractivity contribution in [1.29, 1.82) is 0 Å². The van der Waals surface area contributed by atoms with E-state index in [1.165, 1.54) is 0 Å². The first-order chi connectivity index (χ1) is 5.75. The molecule has 1 aliphatic rings. The Morgan fingerprint density at radius 3 is 2.83 bits per heavy atom. The number of hydrogen-bond donors (Lipinski definition) is 1. The lowest BCUT2D eigenvalue weighted by molar-refractivity contribution is 0.0211. The van der Waals surface area contributed by atoms with Crippen LogP contribution in [0.2, 0.25) is 0 Å². The summed E-state index contributed by atoms with van der Waals surface area (Å²) in [4.78, 5) is 0. The van der Waals surface area contributed by atoms with E-state index in [4.69, 9.17) is 4.74 Å². The van der Waals surface area contributed by atoms with Gasteiger partial charge in [-0.15, -0.1) is 0 Å². The van der Waals surface area contributed by atoms with E-state index in [1.807, 2.05) is 24.9 Å². The third-order valence-corrected chi connectivity index (χ3v) is 2.01. The van der Waals surface area contributed by atoms with E-state index < -0.39 is 0 Å². The first-order valence-electron chi connectivity index (χ1n) is 4.10. The van der Waals surface area contributed by atoms with Crippen molar-refractivity contribution in [2.45, 2.75) is 13.0 Å². The van der Waals surface area contributed by atoms with Crippen LogP contribution in [0.25, 0.3) is 0 Å². The number of ether oxygens (including phenoxy) is 1. The minimum atomic E-state index is 0.480. The number of nitrogens with zero attached hydrogens (tertiary/aromatic N) is 2. The van der Waals surface area contributed by atoms with Crippen LogP contribution in [-0.2, 0) is 11.8 Å². The first-order valence-corrected chi connectivity index (χ1v) is 4.10. The standard InChI is InChI=1S/C8H13N3O/c1-6-8(3-11(2)10-6)9-7-4-12-5-7/h3,7,9H,4-5H2,1-2H3. The molecule has 0 unspecified atom stereocenters. The van der Waals surface area contributed by atoms with Gasteiger partial charge >= 0.3 is 0 Å². The predicted molar refractivity (Wildman–Crippen MR) is 46.2 cm³/mol. The molecule has 12 heavy (non-hydrogen) atoms. The predicted octanol–water partition coefficient (Wildman–Crippen LogP) is 0.539. The van der Waals surface area contributed by atoms with E-state index in [1.54, 1.807) is 0 Å². The summed E-state index contributed by atoms with van der Waals surface area (Å²) >= 11 is 0. The summed E-state index contributed by atoms with van der Waals surface area (Å²) in [7, 11) is 1.93. The Bertz CT molecular complexity index is 278. The number of anilines is 1. The maximum Gasteiger partial charge on any atom is 0.0825 e. The lowest BCUT2D eigenvalue weighted by Gasteiger charge is -2.27. The number of aryl methyl sites for hydroxylation is 2. The Kier molecular flexibility index (Phi) is 1.77. The molecule has 1 fully saturated rings. The van der Waals surface area contributed by atoms with Crippen LogP contribution in [0.15, 0.2) is 6.20 Å². The van der Waals surface area contributed by atoms with Crippen LogP contribution in [0.1, 0.15) is 5.69 Å². The molecule has 4 heteroatoms. The van der Waals surface area contributed by atoms with Crippen molar-refractivity contribution in [3.63, 3.8) is 0 Å². The zero-order chi connectivity index (χ0) is 8.55. The van der Waals surface area contributed by atoms with Gasteiger partial charge in [-0.2, -0.15) is 5.10 Å². The van der Waals surface area contributed by atoms with Crippen molar-refractivity contribution in [1.82, 2.24) is 9.78 Å². The van der Waals surface area contributed by atoms with Crippen molar-refractivity contribution in [2.75, 3.05) is 18.5 Å². The van der Waals surface area contributed by atoms with Gasteiger partial charge in [-0.3, -0.25) is 4.68 Å². The lowest BCUT2D eigenvalue weighted by Crippen LogP contribution is -2.40. The second kappa shape index (κ2) is 2.79. The maximum absolute atomic E-state index is 5.06. The molecule has 1 aromatic rings. The highest BCUT2D eigenvalue weighted by molar-refractivity contribution is 5.46. The second-order valence-electron chi connectivity index (χ2n) is 3.18. The summed E-state index contributed by atoms with van der Waals surface area (Å²) in [5.74, 6) is 0. The van der Waals surface area contributed by atoms with Gasteiger partial charge < -0.3 is 10.1 Å². The van der Waals surface area contributed by atoms with Crippen molar-refractivity contribution >= 4 is 5.69 Å². The number of rotatable bonds is 2. The Balaban J connectivity index is 2.05. The minimum absolute atomic E-state index is 0.480. The van der Waals surface area contributed by atoms with Crippen LogP contribution in [0, 0.1) is 6.92 Å². The molecule has 0 amide bonds. The normalized spacial score (nSPS) is 17.5. The van der Waals surface area contributed by atoms with Gasteiger partial charge in [0.2, 0.25) is 0 Å². The van der Waals surface area contributed by atoms with Crippen LogP contribution in [0.4, 0.5) is 5.69 Å². The highest BCUT2D eigenvalue weighted by Crippen LogP contribution is 2.15. The maximum atomic E-state index is 5.06. The molecule has 0 spiro atoms. The molecule has 1 saturated heterocycles. The SMILES string of the molecule is Cc1nn(C)cc1NC1COC1. The summed E-state index contributed by atoms with van der Waals surface area (Å²) in [5, 5.41) is 7.59. The molecular formula is C8H13N3O. The smallest absolute Gasteiger partial charge is 0.0825 e. The van der Waals surface area contributed by atoms with E-state index in [9.17, 15) is 0 Å². The molecule has 0 bridgehead atoms. The molecular weight excluding hydrogens is 154 g/mol. The molecule has 1 aliphatic heterocycles. The molecule has 2 heterocycles. The van der Waals surface area contributed by atoms with Gasteiger partial charge in [-0.1, -0.05) is 0 Å². The molecule has 1 N–H and O–H groups in total. The van der Waals surface area contributed by atoms with Crippen LogP contribution in [0.3, 0.4) is 0 Å². The van der Waals surface area contributed by atoms with Crippen LogP contribution in [0.5, 0.6) is 0 Å². The topological polar surface area (TPSA) is 39.1 Å². The zero-order valence-electron chi connectivity index (χ0n) is 7.37. The highest BCUT2D eigenvalue weighted by atomic mass is 16.5. The van der Waals surface area contributed by atoms with Gasteiger partial charge in [0.05, 0.1) is 30.6 Å². The summed E-state index contributed by atoms with van der Waals surface area (Å²) in [6.45, 7) is 3.63. The van der Waals surface area contributed by atoms with Gasteiger partial charge in [0.25, 0.3) is 0 Å². The number of hydrogen-bond acceptors (Lipinski definition) is 3. The molecule has 0 radical (unpaired) electrons. The van der Waals surface area contributed by atoms with E-state index in [0.29, 0.717) is 6.04 Å². The van der Waals surface area contributed by atoms with E-state index in [-0.39, 0.29) is 0 Å². The first kappa shape index (κ1) is 7.61. The molecule has 0 atom stereocenters. The number of aromatic nitrogens is 2. The molecule has 0 aliphatic carbocycles. The summed E-state index contributed by atoms with van der Waals surface area (Å²) in [6, 6.07) is 0.480. The quantitative estimate of drug-likeness (QED) is 0.698. The average molecular weight is 167 g/mol. The molecule has 66 valence electrons. The molecule has 2 rings (SSSR count). The largest absolute Gasteiger partial charge is 0.377 e. The Morgan fingerprint density at radius 1 is 1.67 bits per heavy atom. The van der Waals surface area contributed by atoms with Crippen LogP contribution in [-0.4, -0.2) is 29.0 Å². The van der Waals surface area contributed by atoms with Crippen LogP contribution >= 0.6 is 0 Å². The minimum Gasteiger partial charge on any atom is -0.377 e. The van der Waals surface area contributed by atoms with Gasteiger partial charge in [-0.25, -0.2) is 0 Å². The average Bonchev–Trinajstić information content (AvgIpc) is 2.21. The summed E-state index contributed by atoms with van der Waals surface area (Å²) < 4.78 is 6.88. The third-order valence-electron chi connectivity index (χ3n) is 2.01. The van der Waals surface area contributed by atoms with Gasteiger partial charge in [0, 0.05) is 13.2 Å². The van der Waals surface area contributed by atoms with E-state index in [2.05, 4.69) is 10.4 Å². The van der Waals surface area contributed by atoms with Gasteiger partial charge in [0.15, 0.2) is 0 Å². The van der Waals surface area contributed by atoms with Crippen molar-refractivity contribution in [2.24, 2.45) is 7.05 Å². The van der Waals surface area contributed by atoms with Crippen molar-refractivity contribution in [3.8, 4) is 0 Å². The Morgan fingerprint density at radius 2 is 2.42 bits per heavy atom. The molecule has 0 aromatic carbocycles. The fourth-order valence-corrected chi connectivity index (χ4v) is 1.28. The van der Waals surface area contributed by atoms with Crippen molar-refractivity contribution < 1.29 is 4.74 Å². The number of nitrogens with one attached hydrogen (secondary N) is 1. The van der Waals surface area contributed by atoms with E-state index in [0.717, 1.165) is 24.6 Å². The fraction of sp³-hybridized carbons (Fsp3) is 0.625. The third kappa shape index (κ3) is 1.30. The Labute approximate surface area is 71.5 Å².